The van der Waals surface area contributed by atoms with Crippen LogP contribution in [0.5, 0.6) is 0 Å². The van der Waals surface area contributed by atoms with E-state index in [1.807, 2.05) is 0 Å². The number of aromatic nitrogens is 3. The number of fused-ring (bicyclic) bond motifs is 1. The maximum Gasteiger partial charge on any atom is 0.210 e. The van der Waals surface area contributed by atoms with Gasteiger partial charge in [-0.15, -0.1) is 21.5 Å². The van der Waals surface area contributed by atoms with Gasteiger partial charge < -0.3 is 5.43 Å². The van der Waals surface area contributed by atoms with Crippen molar-refractivity contribution in [2.45, 2.75) is 37.4 Å². The van der Waals surface area contributed by atoms with Crippen LogP contribution in [-0.4, -0.2) is 20.6 Å². The molecule has 2 aromatic rings. The molecule has 0 saturated heterocycles. The molecule has 0 amide bonds. The Kier molecular flexibility index (Phi) is 3.56. The van der Waals surface area contributed by atoms with E-state index in [0.29, 0.717) is 6.04 Å². The lowest BCUT2D eigenvalue weighted by atomic mass is 10.2. The highest BCUT2D eigenvalue weighted by Gasteiger charge is 2.24. The zero-order chi connectivity index (χ0) is 12.4. The fourth-order valence-electron chi connectivity index (χ4n) is 2.01. The standard InChI is InChI=1S/C12H16N4S2/c1-2-3-6-11-13-14-12-16(11)15-9(8-18-12)10-5-4-7-17-10/h4-5,7,9,15H,2-3,6,8H2,1H3. The maximum absolute atomic E-state index is 4.28. The minimum absolute atomic E-state index is 0.374. The molecule has 1 atom stereocenters. The van der Waals surface area contributed by atoms with Crippen molar-refractivity contribution in [3.05, 3.63) is 28.2 Å². The molecule has 2 aromatic heterocycles. The minimum atomic E-state index is 0.374. The van der Waals surface area contributed by atoms with Crippen LogP contribution in [-0.2, 0) is 6.42 Å². The molecule has 0 radical (unpaired) electrons. The van der Waals surface area contributed by atoms with Crippen LogP contribution in [0, 0.1) is 0 Å². The minimum Gasteiger partial charge on any atom is -0.313 e. The van der Waals surface area contributed by atoms with E-state index in [1.54, 1.807) is 23.1 Å². The predicted molar refractivity (Wildman–Crippen MR) is 75.8 cm³/mol. The summed E-state index contributed by atoms with van der Waals surface area (Å²) in [5.41, 5.74) is 3.54. The topological polar surface area (TPSA) is 42.7 Å². The lowest BCUT2D eigenvalue weighted by molar-refractivity contribution is 0.623. The van der Waals surface area contributed by atoms with Gasteiger partial charge in [0.1, 0.15) is 0 Å². The number of nitrogens with one attached hydrogen (secondary N) is 1. The Labute approximate surface area is 115 Å². The summed E-state index contributed by atoms with van der Waals surface area (Å²) in [6.45, 7) is 2.20. The zero-order valence-corrected chi connectivity index (χ0v) is 11.9. The van der Waals surface area contributed by atoms with Gasteiger partial charge in [-0.1, -0.05) is 31.2 Å². The second-order valence-corrected chi connectivity index (χ2v) is 6.31. The quantitative estimate of drug-likeness (QED) is 0.934. The van der Waals surface area contributed by atoms with Crippen molar-refractivity contribution < 1.29 is 0 Å². The molecule has 3 heterocycles. The highest BCUT2D eigenvalue weighted by molar-refractivity contribution is 7.99. The Morgan fingerprint density at radius 3 is 3.22 bits per heavy atom. The molecule has 96 valence electrons. The Morgan fingerprint density at radius 2 is 2.44 bits per heavy atom. The van der Waals surface area contributed by atoms with Crippen molar-refractivity contribution in [1.29, 1.82) is 0 Å². The van der Waals surface area contributed by atoms with Gasteiger partial charge in [-0.25, -0.2) is 4.68 Å². The number of nitrogens with zero attached hydrogens (tertiary/aromatic N) is 3. The van der Waals surface area contributed by atoms with Gasteiger partial charge in [0.2, 0.25) is 5.16 Å². The molecule has 1 aliphatic rings. The molecule has 3 rings (SSSR count). The van der Waals surface area contributed by atoms with Gasteiger partial charge in [-0.2, -0.15) is 0 Å². The van der Waals surface area contributed by atoms with E-state index in [-0.39, 0.29) is 0 Å². The fourth-order valence-corrected chi connectivity index (χ4v) is 3.84. The van der Waals surface area contributed by atoms with E-state index in [0.717, 1.165) is 29.6 Å². The summed E-state index contributed by atoms with van der Waals surface area (Å²) in [6.07, 6.45) is 3.34. The van der Waals surface area contributed by atoms with Gasteiger partial charge >= 0.3 is 0 Å². The molecular formula is C12H16N4S2. The van der Waals surface area contributed by atoms with E-state index in [2.05, 4.69) is 44.7 Å². The summed E-state index contributed by atoms with van der Waals surface area (Å²) < 4.78 is 2.08. The number of thioether (sulfide) groups is 1. The van der Waals surface area contributed by atoms with Crippen molar-refractivity contribution >= 4 is 23.1 Å². The lowest BCUT2D eigenvalue weighted by Gasteiger charge is -2.25. The maximum atomic E-state index is 4.28. The molecule has 0 bridgehead atoms. The molecule has 0 aliphatic carbocycles. The normalized spacial score (nSPS) is 18.4. The van der Waals surface area contributed by atoms with E-state index >= 15 is 0 Å². The molecule has 4 nitrogen and oxygen atoms in total. The van der Waals surface area contributed by atoms with Crippen molar-refractivity contribution in [3.63, 3.8) is 0 Å². The third-order valence-corrected chi connectivity index (χ3v) is 5.01. The van der Waals surface area contributed by atoms with Crippen molar-refractivity contribution in [2.24, 2.45) is 0 Å². The number of aryl methyl sites for hydroxylation is 1. The molecule has 0 saturated carbocycles. The summed E-state index contributed by atoms with van der Waals surface area (Å²) in [7, 11) is 0. The van der Waals surface area contributed by atoms with Gasteiger partial charge in [0.15, 0.2) is 5.82 Å². The summed E-state index contributed by atoms with van der Waals surface area (Å²) in [5.74, 6) is 2.08. The highest BCUT2D eigenvalue weighted by atomic mass is 32.2. The Hall–Kier alpha value is -1.01. The first-order chi connectivity index (χ1) is 8.88. The van der Waals surface area contributed by atoms with Crippen molar-refractivity contribution in [2.75, 3.05) is 11.2 Å². The lowest BCUT2D eigenvalue weighted by Crippen LogP contribution is -2.28. The van der Waals surface area contributed by atoms with Crippen LogP contribution < -0.4 is 5.43 Å². The summed E-state index contributed by atoms with van der Waals surface area (Å²) in [6, 6.07) is 4.66. The third-order valence-electron chi connectivity index (χ3n) is 3.00. The second-order valence-electron chi connectivity index (χ2n) is 4.35. The first-order valence-corrected chi connectivity index (χ1v) is 8.12. The van der Waals surface area contributed by atoms with Crippen LogP contribution in [0.25, 0.3) is 0 Å². The molecule has 0 spiro atoms. The number of hydrogen-bond acceptors (Lipinski definition) is 5. The van der Waals surface area contributed by atoms with Gasteiger partial charge in [0.05, 0.1) is 6.04 Å². The van der Waals surface area contributed by atoms with E-state index < -0.39 is 0 Å². The fraction of sp³-hybridized carbons (Fsp3) is 0.500. The predicted octanol–water partition coefficient (Wildman–Crippen LogP) is 3.07. The Balaban J connectivity index is 1.80. The third kappa shape index (κ3) is 2.27. The molecular weight excluding hydrogens is 264 g/mol. The molecule has 0 fully saturated rings. The van der Waals surface area contributed by atoms with Crippen molar-refractivity contribution in [1.82, 2.24) is 14.9 Å². The van der Waals surface area contributed by atoms with E-state index in [1.165, 1.54) is 11.3 Å². The van der Waals surface area contributed by atoms with Gasteiger partial charge in [0.25, 0.3) is 0 Å². The van der Waals surface area contributed by atoms with Crippen LogP contribution in [0.2, 0.25) is 0 Å². The van der Waals surface area contributed by atoms with E-state index in [9.17, 15) is 0 Å². The number of rotatable bonds is 4. The molecule has 0 aromatic carbocycles. The summed E-state index contributed by atoms with van der Waals surface area (Å²) in [5, 5.41) is 11.6. The number of hydrogen-bond donors (Lipinski definition) is 1. The SMILES string of the molecule is CCCCc1nnc2n1NC(c1cccs1)CS2. The second kappa shape index (κ2) is 5.32. The van der Waals surface area contributed by atoms with Crippen molar-refractivity contribution in [3.8, 4) is 0 Å². The van der Waals surface area contributed by atoms with Crippen LogP contribution in [0.4, 0.5) is 0 Å². The first kappa shape index (κ1) is 12.0. The van der Waals surface area contributed by atoms with Gasteiger partial charge in [0, 0.05) is 17.1 Å². The highest BCUT2D eigenvalue weighted by Crippen LogP contribution is 2.31. The van der Waals surface area contributed by atoms with E-state index in [4.69, 9.17) is 0 Å². The zero-order valence-electron chi connectivity index (χ0n) is 10.3. The van der Waals surface area contributed by atoms with Crippen LogP contribution >= 0.6 is 23.1 Å². The number of thiophene rings is 1. The summed E-state index contributed by atoms with van der Waals surface area (Å²) in [4.78, 5) is 1.38. The van der Waals surface area contributed by atoms with Crippen LogP contribution in [0.1, 0.15) is 36.5 Å². The molecule has 6 heteroatoms. The molecule has 18 heavy (non-hydrogen) atoms. The van der Waals surface area contributed by atoms with Gasteiger partial charge in [-0.05, 0) is 17.9 Å². The number of unbranched alkanes of at least 4 members (excludes halogenated alkanes) is 1. The van der Waals surface area contributed by atoms with Crippen LogP contribution in [0.3, 0.4) is 0 Å². The molecule has 1 unspecified atom stereocenters. The Morgan fingerprint density at radius 1 is 1.50 bits per heavy atom. The monoisotopic (exact) mass is 280 g/mol. The molecule has 1 aliphatic heterocycles. The first-order valence-electron chi connectivity index (χ1n) is 6.25. The van der Waals surface area contributed by atoms with Gasteiger partial charge in [-0.3, -0.25) is 0 Å². The Bertz CT molecular complexity index is 506. The largest absolute Gasteiger partial charge is 0.313 e. The van der Waals surface area contributed by atoms with Crippen LogP contribution in [0.15, 0.2) is 22.7 Å². The average Bonchev–Trinajstić information content (AvgIpc) is 3.05. The molecule has 1 N–H and O–H groups in total. The summed E-state index contributed by atoms with van der Waals surface area (Å²) >= 11 is 3.58. The smallest absolute Gasteiger partial charge is 0.210 e. The average molecular weight is 280 g/mol.